The van der Waals surface area contributed by atoms with E-state index in [0.717, 1.165) is 25.7 Å². The smallest absolute Gasteiger partial charge is 0.279 e. The van der Waals surface area contributed by atoms with Crippen molar-refractivity contribution in [3.8, 4) is 0 Å². The molecule has 0 aliphatic carbocycles. The molecule has 2 amide bonds. The summed E-state index contributed by atoms with van der Waals surface area (Å²) >= 11 is 0. The van der Waals surface area contributed by atoms with Crippen molar-refractivity contribution < 1.29 is 49.8 Å². The SMILES string of the molecule is CNC(=O)C(N1Cc2c(NC(O)(O)c3ccc(CN4CCOCC4)cc3)cccc2C1=O)C(O)(O)C(O)(O)C=O. The highest BCUT2D eigenvalue weighted by Gasteiger charge is 2.60. The normalized spacial score (nSPS) is 17.4. The number of rotatable bonds is 10. The molecule has 2 aromatic rings. The number of benzene rings is 2. The van der Waals surface area contributed by atoms with E-state index in [1.807, 2.05) is 0 Å². The molecule has 2 heterocycles. The Morgan fingerprint density at radius 3 is 2.30 bits per heavy atom. The Morgan fingerprint density at radius 1 is 1.05 bits per heavy atom. The highest BCUT2D eigenvalue weighted by molar-refractivity contribution is 6.03. The molecule has 4 rings (SSSR count). The molecule has 0 spiro atoms. The molecule has 2 aliphatic rings. The number of hydrogen-bond acceptors (Lipinski definition) is 12. The van der Waals surface area contributed by atoms with E-state index in [9.17, 15) is 45.0 Å². The van der Waals surface area contributed by atoms with Gasteiger partial charge >= 0.3 is 0 Å². The number of hydrogen-bond donors (Lipinski definition) is 8. The van der Waals surface area contributed by atoms with Gasteiger partial charge in [0.2, 0.25) is 5.91 Å². The Bertz CT molecular complexity index is 1260. The van der Waals surface area contributed by atoms with E-state index in [1.54, 1.807) is 24.3 Å². The first kappa shape index (κ1) is 29.5. The number of morpholine rings is 1. The lowest BCUT2D eigenvalue weighted by molar-refractivity contribution is -0.345. The molecule has 0 aromatic heterocycles. The Labute approximate surface area is 229 Å². The monoisotopic (exact) mass is 560 g/mol. The summed E-state index contributed by atoms with van der Waals surface area (Å²) in [6.45, 7) is 3.08. The number of nitrogens with one attached hydrogen (secondary N) is 2. The maximum atomic E-state index is 13.2. The van der Waals surface area contributed by atoms with E-state index in [2.05, 4.69) is 15.5 Å². The summed E-state index contributed by atoms with van der Waals surface area (Å²) in [7, 11) is 1.11. The number of amides is 2. The van der Waals surface area contributed by atoms with Crippen LogP contribution in [0.5, 0.6) is 0 Å². The molecule has 1 fully saturated rings. The zero-order chi connectivity index (χ0) is 29.3. The number of likely N-dealkylation sites (N-methyl/N-ethyl adjacent to an activating group) is 1. The van der Waals surface area contributed by atoms with Crippen molar-refractivity contribution in [2.45, 2.75) is 36.6 Å². The summed E-state index contributed by atoms with van der Waals surface area (Å²) < 4.78 is 5.35. The molecule has 1 saturated heterocycles. The topological polar surface area (TPSA) is 212 Å². The number of carbonyl (C=O) groups is 3. The number of fused-ring (bicyclic) bond motifs is 1. The molecule has 14 nitrogen and oxygen atoms in total. The van der Waals surface area contributed by atoms with E-state index in [4.69, 9.17) is 4.74 Å². The number of ether oxygens (including phenoxy) is 1. The molecule has 0 radical (unpaired) electrons. The van der Waals surface area contributed by atoms with Crippen LogP contribution in [0.1, 0.15) is 27.0 Å². The summed E-state index contributed by atoms with van der Waals surface area (Å²) in [5.74, 6) is -12.3. The van der Waals surface area contributed by atoms with Crippen molar-refractivity contribution in [2.24, 2.45) is 0 Å². The minimum atomic E-state index is -3.81. The first-order chi connectivity index (χ1) is 18.8. The number of aldehydes is 1. The predicted octanol–water partition coefficient (Wildman–Crippen LogP) is -2.64. The zero-order valence-corrected chi connectivity index (χ0v) is 21.6. The molecular weight excluding hydrogens is 528 g/mol. The Hall–Kier alpha value is -3.47. The van der Waals surface area contributed by atoms with Gasteiger partial charge in [-0.3, -0.25) is 19.3 Å². The Kier molecular flexibility index (Phi) is 8.26. The number of nitrogens with zero attached hydrogens (tertiary/aromatic N) is 2. The molecule has 2 aromatic carbocycles. The third-order valence-electron chi connectivity index (χ3n) is 7.06. The van der Waals surface area contributed by atoms with Gasteiger partial charge in [0.15, 0.2) is 12.3 Å². The molecule has 40 heavy (non-hydrogen) atoms. The average Bonchev–Trinajstić information content (AvgIpc) is 3.25. The van der Waals surface area contributed by atoms with Crippen LogP contribution in [0.4, 0.5) is 5.69 Å². The van der Waals surface area contributed by atoms with Gasteiger partial charge in [0.1, 0.15) is 0 Å². The van der Waals surface area contributed by atoms with Gasteiger partial charge in [0.05, 0.1) is 13.2 Å². The molecule has 1 unspecified atom stereocenters. The molecule has 1 atom stereocenters. The molecule has 14 heteroatoms. The number of carbonyl (C=O) groups excluding carboxylic acids is 3. The van der Waals surface area contributed by atoms with Gasteiger partial charge in [0.25, 0.3) is 23.4 Å². The fourth-order valence-corrected chi connectivity index (χ4v) is 4.77. The highest BCUT2D eigenvalue weighted by atomic mass is 16.6. The minimum absolute atomic E-state index is 0.0288. The van der Waals surface area contributed by atoms with E-state index >= 15 is 0 Å². The predicted molar refractivity (Wildman–Crippen MR) is 137 cm³/mol. The van der Waals surface area contributed by atoms with Gasteiger partial charge in [-0.15, -0.1) is 0 Å². The lowest BCUT2D eigenvalue weighted by Gasteiger charge is -2.40. The third-order valence-corrected chi connectivity index (χ3v) is 7.06. The summed E-state index contributed by atoms with van der Waals surface area (Å²) in [4.78, 5) is 39.8. The average molecular weight is 561 g/mol. The van der Waals surface area contributed by atoms with Crippen LogP contribution in [-0.2, 0) is 33.3 Å². The van der Waals surface area contributed by atoms with Gasteiger partial charge in [-0.05, 0) is 17.7 Å². The van der Waals surface area contributed by atoms with E-state index < -0.39 is 48.2 Å². The number of aliphatic hydroxyl groups is 6. The van der Waals surface area contributed by atoms with Gasteiger partial charge in [0, 0.05) is 55.6 Å². The lowest BCUT2D eigenvalue weighted by atomic mass is 9.96. The van der Waals surface area contributed by atoms with Gasteiger partial charge in [-0.1, -0.05) is 30.3 Å². The van der Waals surface area contributed by atoms with Crippen LogP contribution in [0.15, 0.2) is 42.5 Å². The Morgan fingerprint density at radius 2 is 1.70 bits per heavy atom. The zero-order valence-electron chi connectivity index (χ0n) is 21.6. The second kappa shape index (κ2) is 11.2. The van der Waals surface area contributed by atoms with Crippen molar-refractivity contribution >= 4 is 23.8 Å². The first-order valence-corrected chi connectivity index (χ1v) is 12.4. The van der Waals surface area contributed by atoms with Crippen LogP contribution in [0.3, 0.4) is 0 Å². The molecule has 216 valence electrons. The van der Waals surface area contributed by atoms with Gasteiger partial charge in [-0.2, -0.15) is 0 Å². The quantitative estimate of drug-likeness (QED) is 0.111. The van der Waals surface area contributed by atoms with Crippen LogP contribution >= 0.6 is 0 Å². The molecular formula is C26H32N4O10. The van der Waals surface area contributed by atoms with E-state index in [1.165, 1.54) is 18.2 Å². The second-order valence-corrected chi connectivity index (χ2v) is 9.73. The van der Waals surface area contributed by atoms with Gasteiger partial charge in [-0.25, -0.2) is 0 Å². The largest absolute Gasteiger partial charge is 0.379 e. The molecule has 8 N–H and O–H groups in total. The highest BCUT2D eigenvalue weighted by Crippen LogP contribution is 2.36. The van der Waals surface area contributed by atoms with Crippen LogP contribution in [0.2, 0.25) is 0 Å². The maximum absolute atomic E-state index is 13.2. The fourth-order valence-electron chi connectivity index (χ4n) is 4.77. The van der Waals surface area contributed by atoms with E-state index in [-0.39, 0.29) is 22.4 Å². The van der Waals surface area contributed by atoms with Crippen molar-refractivity contribution in [1.29, 1.82) is 0 Å². The molecule has 0 bridgehead atoms. The van der Waals surface area contributed by atoms with Crippen LogP contribution in [0.25, 0.3) is 0 Å². The molecule has 2 aliphatic heterocycles. The van der Waals surface area contributed by atoms with Crippen molar-refractivity contribution in [3.05, 3.63) is 64.7 Å². The van der Waals surface area contributed by atoms with Crippen molar-refractivity contribution in [3.63, 3.8) is 0 Å². The first-order valence-electron chi connectivity index (χ1n) is 12.4. The number of anilines is 1. The Balaban J connectivity index is 1.58. The van der Waals surface area contributed by atoms with Crippen molar-refractivity contribution in [1.82, 2.24) is 15.1 Å². The van der Waals surface area contributed by atoms with Gasteiger partial charge < -0.3 is 50.9 Å². The third kappa shape index (κ3) is 5.56. The standard InChI is InChI=1S/C26H32N4O10/c1-27-22(32)21(25(36,37)24(34,35)15-31)30-14-19-18(23(30)33)3-2-4-20(19)28-26(38,39)17-7-5-16(6-8-17)13-29-9-11-40-12-10-29/h2-8,15,21,28,34-39H,9-14H2,1H3,(H,27,32). The summed E-state index contributed by atoms with van der Waals surface area (Å²) in [6.07, 6.45) is -0.582. The lowest BCUT2D eigenvalue weighted by Crippen LogP contribution is -2.70. The van der Waals surface area contributed by atoms with Crippen LogP contribution in [-0.4, -0.2) is 110 Å². The minimum Gasteiger partial charge on any atom is -0.379 e. The van der Waals surface area contributed by atoms with Crippen molar-refractivity contribution in [2.75, 3.05) is 38.7 Å². The second-order valence-electron chi connectivity index (χ2n) is 9.73. The summed E-state index contributed by atoms with van der Waals surface area (Å²) in [6, 6.07) is 8.49. The van der Waals surface area contributed by atoms with Crippen LogP contribution < -0.4 is 10.6 Å². The fraction of sp³-hybridized carbons (Fsp3) is 0.423. The van der Waals surface area contributed by atoms with E-state index in [0.29, 0.717) is 24.7 Å². The van der Waals surface area contributed by atoms with Crippen LogP contribution in [0, 0.1) is 0 Å². The maximum Gasteiger partial charge on any atom is 0.279 e. The summed E-state index contributed by atoms with van der Waals surface area (Å²) in [5.41, 5.74) is 1.25. The molecule has 0 saturated carbocycles. The summed E-state index contributed by atoms with van der Waals surface area (Å²) in [5, 5.41) is 67.1.